The third kappa shape index (κ3) is 2.64. The highest BCUT2D eigenvalue weighted by molar-refractivity contribution is 7.18. The van der Waals surface area contributed by atoms with Crippen molar-refractivity contribution in [2.75, 3.05) is 5.43 Å². The highest BCUT2D eigenvalue weighted by Crippen LogP contribution is 2.33. The predicted octanol–water partition coefficient (Wildman–Crippen LogP) is 3.17. The summed E-state index contributed by atoms with van der Waals surface area (Å²) in [6.07, 6.45) is 4.00. The van der Waals surface area contributed by atoms with Gasteiger partial charge in [0.2, 0.25) is 0 Å². The smallest absolute Gasteiger partial charge is 0.267 e. The highest BCUT2D eigenvalue weighted by Gasteiger charge is 2.22. The average molecular weight is 357 g/mol. The van der Waals surface area contributed by atoms with Gasteiger partial charge in [-0.1, -0.05) is 12.1 Å². The van der Waals surface area contributed by atoms with Gasteiger partial charge in [-0.05, 0) is 50.3 Å². The summed E-state index contributed by atoms with van der Waals surface area (Å²) < 4.78 is 14.9. The normalized spacial score (nSPS) is 13.7. The van der Waals surface area contributed by atoms with Crippen molar-refractivity contribution >= 4 is 27.5 Å². The number of amides is 1. The number of carbonyl (C=O) groups is 1. The third-order valence-corrected chi connectivity index (χ3v) is 5.67. The van der Waals surface area contributed by atoms with E-state index in [4.69, 9.17) is 0 Å². The lowest BCUT2D eigenvalue weighted by Crippen LogP contribution is -2.36. The first-order valence-electron chi connectivity index (χ1n) is 8.16. The number of hydrogen-bond acceptors (Lipinski definition) is 4. The lowest BCUT2D eigenvalue weighted by molar-refractivity contribution is 0.100. The molecule has 1 amide bonds. The molecule has 0 aliphatic heterocycles. The van der Waals surface area contributed by atoms with E-state index >= 15 is 0 Å². The molecule has 0 radical (unpaired) electrons. The number of aromatic nitrogens is 2. The van der Waals surface area contributed by atoms with Crippen LogP contribution in [0.3, 0.4) is 0 Å². The molecule has 0 bridgehead atoms. The second-order valence-corrected chi connectivity index (χ2v) is 7.20. The van der Waals surface area contributed by atoms with Gasteiger partial charge in [-0.2, -0.15) is 0 Å². The molecule has 1 N–H and O–H groups in total. The number of carbonyl (C=O) groups excluding carboxylic acids is 1. The van der Waals surface area contributed by atoms with Crippen molar-refractivity contribution in [3.05, 3.63) is 62.3 Å². The molecule has 3 aromatic rings. The molecule has 2 aromatic heterocycles. The van der Waals surface area contributed by atoms with E-state index in [-0.39, 0.29) is 11.1 Å². The predicted molar refractivity (Wildman–Crippen MR) is 95.4 cm³/mol. The average Bonchev–Trinajstić information content (AvgIpc) is 2.96. The summed E-state index contributed by atoms with van der Waals surface area (Å²) in [7, 11) is 0. The maximum absolute atomic E-state index is 13.8. The molecule has 0 fully saturated rings. The summed E-state index contributed by atoms with van der Waals surface area (Å²) in [6.45, 7) is 1.65. The van der Waals surface area contributed by atoms with Crippen LogP contribution in [0.25, 0.3) is 10.2 Å². The minimum Gasteiger partial charge on any atom is -0.267 e. The van der Waals surface area contributed by atoms with E-state index in [0.29, 0.717) is 16.0 Å². The van der Waals surface area contributed by atoms with Gasteiger partial charge in [0, 0.05) is 4.88 Å². The molecule has 0 unspecified atom stereocenters. The fourth-order valence-corrected chi connectivity index (χ4v) is 4.54. The largest absolute Gasteiger partial charge is 0.281 e. The summed E-state index contributed by atoms with van der Waals surface area (Å²) in [6, 6.07) is 5.67. The Morgan fingerprint density at radius 2 is 2.04 bits per heavy atom. The van der Waals surface area contributed by atoms with Gasteiger partial charge in [0.25, 0.3) is 11.5 Å². The van der Waals surface area contributed by atoms with Crippen LogP contribution in [0, 0.1) is 12.7 Å². The number of aryl methyl sites for hydroxylation is 3. The number of halogens is 1. The van der Waals surface area contributed by atoms with E-state index in [1.54, 1.807) is 24.3 Å². The Balaban J connectivity index is 1.81. The summed E-state index contributed by atoms with van der Waals surface area (Å²) in [5, 5.41) is 0.583. The zero-order chi connectivity index (χ0) is 17.6. The molecule has 0 atom stereocenters. The zero-order valence-corrected chi connectivity index (χ0v) is 14.5. The van der Waals surface area contributed by atoms with Crippen molar-refractivity contribution in [1.82, 2.24) is 9.66 Å². The van der Waals surface area contributed by atoms with Crippen molar-refractivity contribution in [1.29, 1.82) is 0 Å². The first kappa shape index (κ1) is 16.0. The molecule has 1 aliphatic carbocycles. The van der Waals surface area contributed by atoms with Gasteiger partial charge in [-0.15, -0.1) is 11.3 Å². The molecule has 7 heteroatoms. The molecule has 25 heavy (non-hydrogen) atoms. The van der Waals surface area contributed by atoms with Crippen molar-refractivity contribution in [2.24, 2.45) is 0 Å². The van der Waals surface area contributed by atoms with Crippen molar-refractivity contribution in [3.8, 4) is 0 Å². The molecule has 0 saturated heterocycles. The van der Waals surface area contributed by atoms with Crippen molar-refractivity contribution in [3.63, 3.8) is 0 Å². The molecule has 128 valence electrons. The molecular formula is C18H16FN3O2S. The van der Waals surface area contributed by atoms with Gasteiger partial charge in [-0.3, -0.25) is 15.0 Å². The number of fused-ring (bicyclic) bond motifs is 3. The molecular weight excluding hydrogens is 341 g/mol. The first-order chi connectivity index (χ1) is 12.1. The lowest BCUT2D eigenvalue weighted by Gasteiger charge is -2.13. The SMILES string of the molecule is Cc1nc2sc3c(c2c(=O)n1NC(=O)c1ccccc1F)CCCC3. The van der Waals surface area contributed by atoms with Gasteiger partial charge in [0.15, 0.2) is 0 Å². The maximum Gasteiger partial charge on any atom is 0.281 e. The van der Waals surface area contributed by atoms with Crippen molar-refractivity contribution < 1.29 is 9.18 Å². The van der Waals surface area contributed by atoms with Gasteiger partial charge in [-0.25, -0.2) is 14.1 Å². The van der Waals surface area contributed by atoms with E-state index in [2.05, 4.69) is 10.4 Å². The van der Waals surface area contributed by atoms with Crippen LogP contribution >= 0.6 is 11.3 Å². The molecule has 0 saturated carbocycles. The second-order valence-electron chi connectivity index (χ2n) is 6.11. The highest BCUT2D eigenvalue weighted by atomic mass is 32.1. The number of benzene rings is 1. The number of thiophene rings is 1. The van der Waals surface area contributed by atoms with Gasteiger partial charge < -0.3 is 0 Å². The maximum atomic E-state index is 13.8. The van der Waals surface area contributed by atoms with Gasteiger partial charge in [0.1, 0.15) is 16.5 Å². The van der Waals surface area contributed by atoms with Crippen LogP contribution < -0.4 is 11.0 Å². The summed E-state index contributed by atoms with van der Waals surface area (Å²) >= 11 is 1.56. The Hall–Kier alpha value is -2.54. The van der Waals surface area contributed by atoms with Crippen LogP contribution in [0.15, 0.2) is 29.1 Å². The fraction of sp³-hybridized carbons (Fsp3) is 0.278. The molecule has 2 heterocycles. The Morgan fingerprint density at radius 1 is 1.28 bits per heavy atom. The molecule has 1 aliphatic rings. The molecule has 0 spiro atoms. The number of rotatable bonds is 2. The van der Waals surface area contributed by atoms with Crippen LogP contribution in [-0.2, 0) is 12.8 Å². The number of nitrogens with zero attached hydrogens (tertiary/aromatic N) is 2. The van der Waals surface area contributed by atoms with E-state index in [9.17, 15) is 14.0 Å². The minimum absolute atomic E-state index is 0.110. The van der Waals surface area contributed by atoms with Crippen LogP contribution in [0.1, 0.15) is 39.5 Å². The van der Waals surface area contributed by atoms with Crippen LogP contribution in [-0.4, -0.2) is 15.6 Å². The van der Waals surface area contributed by atoms with E-state index in [1.165, 1.54) is 23.1 Å². The quantitative estimate of drug-likeness (QED) is 0.766. The molecule has 4 rings (SSSR count). The monoisotopic (exact) mass is 357 g/mol. The summed E-state index contributed by atoms with van der Waals surface area (Å²) in [5.74, 6) is -0.929. The number of hydrogen-bond donors (Lipinski definition) is 1. The third-order valence-electron chi connectivity index (χ3n) is 4.49. The zero-order valence-electron chi connectivity index (χ0n) is 13.6. The van der Waals surface area contributed by atoms with Crippen molar-refractivity contribution in [2.45, 2.75) is 32.6 Å². The van der Waals surface area contributed by atoms with Crippen LogP contribution in [0.5, 0.6) is 0 Å². The second kappa shape index (κ2) is 6.07. The van der Waals surface area contributed by atoms with Crippen LogP contribution in [0.4, 0.5) is 4.39 Å². The Kier molecular flexibility index (Phi) is 3.88. The van der Waals surface area contributed by atoms with E-state index < -0.39 is 11.7 Å². The first-order valence-corrected chi connectivity index (χ1v) is 8.97. The molecule has 1 aromatic carbocycles. The van der Waals surface area contributed by atoms with E-state index in [0.717, 1.165) is 35.9 Å². The minimum atomic E-state index is -0.673. The lowest BCUT2D eigenvalue weighted by atomic mass is 9.97. The Morgan fingerprint density at radius 3 is 2.84 bits per heavy atom. The summed E-state index contributed by atoms with van der Waals surface area (Å²) in [4.78, 5) is 31.7. The van der Waals surface area contributed by atoms with Crippen LogP contribution in [0.2, 0.25) is 0 Å². The Labute approximate surface area is 147 Å². The number of nitrogens with one attached hydrogen (secondary N) is 1. The summed E-state index contributed by atoms with van der Waals surface area (Å²) in [5.41, 5.74) is 3.14. The van der Waals surface area contributed by atoms with E-state index in [1.807, 2.05) is 0 Å². The Bertz CT molecular complexity index is 1050. The standard InChI is InChI=1S/C18H16FN3O2S/c1-10-20-17-15(12-7-3-5-9-14(12)25-17)18(24)22(10)21-16(23)11-6-2-4-8-13(11)19/h2,4,6,8H,3,5,7,9H2,1H3,(H,21,23). The topological polar surface area (TPSA) is 64.0 Å². The van der Waals surface area contributed by atoms with Gasteiger partial charge in [0.05, 0.1) is 10.9 Å². The molecule has 5 nitrogen and oxygen atoms in total. The van der Waals surface area contributed by atoms with Gasteiger partial charge >= 0.3 is 0 Å². The fourth-order valence-electron chi connectivity index (χ4n) is 3.25.